The van der Waals surface area contributed by atoms with Crippen LogP contribution in [0.15, 0.2) is 64.2 Å². The van der Waals surface area contributed by atoms with E-state index in [1.165, 1.54) is 22.7 Å². The van der Waals surface area contributed by atoms with Crippen LogP contribution in [-0.4, -0.2) is 47.0 Å². The molecule has 0 bridgehead atoms. The fourth-order valence-electron chi connectivity index (χ4n) is 2.18. The minimum atomic E-state index is -0.423. The van der Waals surface area contributed by atoms with E-state index in [0.717, 1.165) is 5.56 Å². The minimum absolute atomic E-state index is 0.114. The van der Waals surface area contributed by atoms with Gasteiger partial charge in [-0.25, -0.2) is 4.39 Å². The van der Waals surface area contributed by atoms with Gasteiger partial charge in [0.05, 0.1) is 12.3 Å². The summed E-state index contributed by atoms with van der Waals surface area (Å²) in [5.74, 6) is 0.209. The number of nitrogens with zero attached hydrogens (tertiary/aromatic N) is 3. The zero-order chi connectivity index (χ0) is 19.1. The molecule has 0 spiro atoms. The predicted octanol–water partition coefficient (Wildman–Crippen LogP) is 3.51. The smallest absolute Gasteiger partial charge is 0.277 e. The molecule has 0 saturated carbocycles. The number of rotatable bonds is 8. The summed E-state index contributed by atoms with van der Waals surface area (Å²) >= 11 is 1.17. The summed E-state index contributed by atoms with van der Waals surface area (Å²) in [5.41, 5.74) is 0.825. The number of amides is 1. The summed E-state index contributed by atoms with van der Waals surface area (Å²) in [5, 5.41) is 8.26. The molecule has 140 valence electrons. The van der Waals surface area contributed by atoms with E-state index in [2.05, 4.69) is 10.2 Å². The third-order valence-corrected chi connectivity index (χ3v) is 4.50. The number of thioether (sulfide) groups is 1. The zero-order valence-corrected chi connectivity index (χ0v) is 15.5. The second-order valence-corrected chi connectivity index (χ2v) is 6.55. The Bertz CT molecular complexity index is 889. The molecule has 3 rings (SSSR count). The van der Waals surface area contributed by atoms with Crippen molar-refractivity contribution in [2.75, 3.05) is 26.0 Å². The molecule has 1 aromatic heterocycles. The molecule has 0 atom stereocenters. The van der Waals surface area contributed by atoms with Crippen molar-refractivity contribution >= 4 is 17.7 Å². The standard InChI is InChI=1S/C19H18FN3O3S/c1-23(11-12-25-16-10-6-5-9-15(16)20)17(24)13-27-19-22-21-18(26-19)14-7-3-2-4-8-14/h2-10H,11-13H2,1H3. The van der Waals surface area contributed by atoms with Crippen LogP contribution in [0, 0.1) is 5.82 Å². The van der Waals surface area contributed by atoms with Gasteiger partial charge in [0.15, 0.2) is 11.6 Å². The van der Waals surface area contributed by atoms with Gasteiger partial charge in [-0.3, -0.25) is 4.79 Å². The van der Waals surface area contributed by atoms with Crippen LogP contribution in [0.5, 0.6) is 5.75 Å². The van der Waals surface area contributed by atoms with Crippen molar-refractivity contribution in [1.29, 1.82) is 0 Å². The molecule has 0 radical (unpaired) electrons. The van der Waals surface area contributed by atoms with E-state index in [9.17, 15) is 9.18 Å². The van der Waals surface area contributed by atoms with Crippen molar-refractivity contribution in [3.05, 3.63) is 60.4 Å². The van der Waals surface area contributed by atoms with E-state index in [4.69, 9.17) is 9.15 Å². The number of hydrogen-bond donors (Lipinski definition) is 0. The number of likely N-dealkylation sites (N-methyl/N-ethyl adjacent to an activating group) is 1. The molecular formula is C19H18FN3O3S. The molecule has 0 saturated heterocycles. The highest BCUT2D eigenvalue weighted by atomic mass is 32.2. The molecule has 0 aliphatic carbocycles. The molecule has 6 nitrogen and oxygen atoms in total. The Kier molecular flexibility index (Phi) is 6.43. The molecule has 0 fully saturated rings. The minimum Gasteiger partial charge on any atom is -0.489 e. The number of hydrogen-bond acceptors (Lipinski definition) is 6. The van der Waals surface area contributed by atoms with Gasteiger partial charge < -0.3 is 14.1 Å². The lowest BCUT2D eigenvalue weighted by molar-refractivity contribution is -0.127. The second kappa shape index (κ2) is 9.18. The third-order valence-electron chi connectivity index (χ3n) is 3.69. The van der Waals surface area contributed by atoms with Gasteiger partial charge >= 0.3 is 0 Å². The first-order valence-corrected chi connectivity index (χ1v) is 9.25. The monoisotopic (exact) mass is 387 g/mol. The first-order valence-electron chi connectivity index (χ1n) is 8.26. The van der Waals surface area contributed by atoms with Crippen molar-refractivity contribution in [2.24, 2.45) is 0 Å². The summed E-state index contributed by atoms with van der Waals surface area (Å²) in [4.78, 5) is 13.7. The Morgan fingerprint density at radius 3 is 2.67 bits per heavy atom. The Labute approximate surface area is 160 Å². The zero-order valence-electron chi connectivity index (χ0n) is 14.7. The van der Waals surface area contributed by atoms with Gasteiger partial charge in [0.25, 0.3) is 5.22 Å². The van der Waals surface area contributed by atoms with Gasteiger partial charge in [-0.15, -0.1) is 10.2 Å². The highest BCUT2D eigenvalue weighted by molar-refractivity contribution is 7.99. The topological polar surface area (TPSA) is 68.5 Å². The van der Waals surface area contributed by atoms with Crippen LogP contribution >= 0.6 is 11.8 Å². The Morgan fingerprint density at radius 2 is 1.89 bits per heavy atom. The quantitative estimate of drug-likeness (QED) is 0.551. The Morgan fingerprint density at radius 1 is 1.15 bits per heavy atom. The van der Waals surface area contributed by atoms with Crippen molar-refractivity contribution in [3.63, 3.8) is 0 Å². The normalized spacial score (nSPS) is 10.6. The average molecular weight is 387 g/mol. The van der Waals surface area contributed by atoms with Crippen LogP contribution in [0.1, 0.15) is 0 Å². The highest BCUT2D eigenvalue weighted by Crippen LogP contribution is 2.23. The molecule has 8 heteroatoms. The number of halogens is 1. The van der Waals surface area contributed by atoms with Gasteiger partial charge in [0.2, 0.25) is 11.8 Å². The lowest BCUT2D eigenvalue weighted by Crippen LogP contribution is -2.32. The van der Waals surface area contributed by atoms with Crippen LogP contribution < -0.4 is 4.74 Å². The van der Waals surface area contributed by atoms with Crippen molar-refractivity contribution < 1.29 is 18.3 Å². The van der Waals surface area contributed by atoms with E-state index in [-0.39, 0.29) is 24.0 Å². The first-order chi connectivity index (χ1) is 13.1. The summed E-state index contributed by atoms with van der Waals surface area (Å²) in [6.45, 7) is 0.541. The molecule has 1 amide bonds. The predicted molar refractivity (Wildman–Crippen MR) is 100.0 cm³/mol. The lowest BCUT2D eigenvalue weighted by atomic mass is 10.2. The van der Waals surface area contributed by atoms with Crippen molar-refractivity contribution in [3.8, 4) is 17.2 Å². The van der Waals surface area contributed by atoms with Crippen LogP contribution in [0.4, 0.5) is 4.39 Å². The summed E-state index contributed by atoms with van der Waals surface area (Å²) in [7, 11) is 1.66. The van der Waals surface area contributed by atoms with Gasteiger partial charge in [0, 0.05) is 12.6 Å². The van der Waals surface area contributed by atoms with Crippen LogP contribution in [0.3, 0.4) is 0 Å². The SMILES string of the molecule is CN(CCOc1ccccc1F)C(=O)CSc1nnc(-c2ccccc2)o1. The summed E-state index contributed by atoms with van der Waals surface area (Å²) in [6.07, 6.45) is 0. The molecule has 0 unspecified atom stereocenters. The van der Waals surface area contributed by atoms with Gasteiger partial charge in [-0.1, -0.05) is 42.1 Å². The molecule has 0 N–H and O–H groups in total. The maximum Gasteiger partial charge on any atom is 0.277 e. The van der Waals surface area contributed by atoms with Gasteiger partial charge in [-0.2, -0.15) is 0 Å². The molecule has 2 aromatic carbocycles. The van der Waals surface area contributed by atoms with E-state index in [0.29, 0.717) is 17.7 Å². The number of carbonyl (C=O) groups excluding carboxylic acids is 1. The van der Waals surface area contributed by atoms with Crippen LogP contribution in [-0.2, 0) is 4.79 Å². The first kappa shape index (κ1) is 18.9. The maximum absolute atomic E-state index is 13.5. The lowest BCUT2D eigenvalue weighted by Gasteiger charge is -2.17. The Hall–Kier alpha value is -2.87. The van der Waals surface area contributed by atoms with Gasteiger partial charge in [0.1, 0.15) is 6.61 Å². The molecule has 3 aromatic rings. The average Bonchev–Trinajstić information content (AvgIpc) is 3.17. The Balaban J connectivity index is 1.43. The second-order valence-electron chi connectivity index (χ2n) is 5.62. The summed E-state index contributed by atoms with van der Waals surface area (Å²) in [6, 6.07) is 15.6. The number of para-hydroxylation sites is 1. The van der Waals surface area contributed by atoms with Crippen molar-refractivity contribution in [1.82, 2.24) is 15.1 Å². The highest BCUT2D eigenvalue weighted by Gasteiger charge is 2.14. The molecule has 0 aliphatic heterocycles. The van der Waals surface area contributed by atoms with Gasteiger partial charge in [-0.05, 0) is 24.3 Å². The third kappa shape index (κ3) is 5.30. The molecular weight excluding hydrogens is 369 g/mol. The van der Waals surface area contributed by atoms with E-state index >= 15 is 0 Å². The number of carbonyl (C=O) groups is 1. The van der Waals surface area contributed by atoms with E-state index in [1.807, 2.05) is 30.3 Å². The number of benzene rings is 2. The summed E-state index contributed by atoms with van der Waals surface area (Å²) < 4.78 is 24.4. The molecule has 27 heavy (non-hydrogen) atoms. The van der Waals surface area contributed by atoms with E-state index in [1.54, 1.807) is 25.2 Å². The molecule has 1 heterocycles. The van der Waals surface area contributed by atoms with Crippen LogP contribution in [0.2, 0.25) is 0 Å². The van der Waals surface area contributed by atoms with Crippen LogP contribution in [0.25, 0.3) is 11.5 Å². The number of aromatic nitrogens is 2. The maximum atomic E-state index is 13.5. The largest absolute Gasteiger partial charge is 0.489 e. The fraction of sp³-hybridized carbons (Fsp3) is 0.211. The van der Waals surface area contributed by atoms with Crippen molar-refractivity contribution in [2.45, 2.75) is 5.22 Å². The number of ether oxygens (including phenoxy) is 1. The fourth-order valence-corrected chi connectivity index (χ4v) is 2.88. The molecule has 0 aliphatic rings. The van der Waals surface area contributed by atoms with E-state index < -0.39 is 5.82 Å².